The Kier molecular flexibility index (Phi) is 3.88. The van der Waals surface area contributed by atoms with Crippen molar-refractivity contribution >= 4 is 17.3 Å². The number of benzene rings is 1. The standard InChI is InChI=1S/C15H23ClN2/c1-15(2,3)12-6-7-18(10-12)14-5-4-13(16)8-11(14)9-17/h4-5,8,12H,6-7,9-10,17H2,1-3H3. The van der Waals surface area contributed by atoms with Gasteiger partial charge in [-0.1, -0.05) is 32.4 Å². The van der Waals surface area contributed by atoms with Gasteiger partial charge in [0, 0.05) is 30.3 Å². The summed E-state index contributed by atoms with van der Waals surface area (Å²) in [7, 11) is 0. The van der Waals surface area contributed by atoms with E-state index < -0.39 is 0 Å². The van der Waals surface area contributed by atoms with Crippen LogP contribution < -0.4 is 10.6 Å². The van der Waals surface area contributed by atoms with Gasteiger partial charge in [-0.2, -0.15) is 0 Å². The van der Waals surface area contributed by atoms with E-state index in [4.69, 9.17) is 17.3 Å². The van der Waals surface area contributed by atoms with Crippen LogP contribution in [0.2, 0.25) is 5.02 Å². The van der Waals surface area contributed by atoms with E-state index in [0.29, 0.717) is 12.0 Å². The zero-order valence-corrected chi connectivity index (χ0v) is 12.3. The second kappa shape index (κ2) is 5.10. The molecule has 0 amide bonds. The van der Waals surface area contributed by atoms with E-state index in [0.717, 1.165) is 29.6 Å². The number of anilines is 1. The molecule has 1 atom stereocenters. The molecule has 0 saturated carbocycles. The van der Waals surface area contributed by atoms with Gasteiger partial charge in [0.25, 0.3) is 0 Å². The van der Waals surface area contributed by atoms with Crippen LogP contribution in [0.25, 0.3) is 0 Å². The largest absolute Gasteiger partial charge is 0.371 e. The summed E-state index contributed by atoms with van der Waals surface area (Å²) < 4.78 is 0. The number of nitrogens with zero attached hydrogens (tertiary/aromatic N) is 1. The molecule has 0 radical (unpaired) electrons. The number of hydrogen-bond donors (Lipinski definition) is 1. The average molecular weight is 267 g/mol. The van der Waals surface area contributed by atoms with Crippen molar-refractivity contribution in [2.45, 2.75) is 33.7 Å². The molecule has 3 heteroatoms. The molecule has 1 heterocycles. The van der Waals surface area contributed by atoms with E-state index >= 15 is 0 Å². The topological polar surface area (TPSA) is 29.3 Å². The fourth-order valence-electron chi connectivity index (χ4n) is 2.71. The summed E-state index contributed by atoms with van der Waals surface area (Å²) in [5, 5.41) is 0.769. The first-order valence-electron chi connectivity index (χ1n) is 6.65. The summed E-state index contributed by atoms with van der Waals surface area (Å²) in [6.45, 7) is 9.77. The zero-order valence-electron chi connectivity index (χ0n) is 11.5. The van der Waals surface area contributed by atoms with Crippen molar-refractivity contribution in [1.29, 1.82) is 0 Å². The van der Waals surface area contributed by atoms with Crippen LogP contribution >= 0.6 is 11.6 Å². The van der Waals surface area contributed by atoms with Gasteiger partial charge in [0.1, 0.15) is 0 Å². The van der Waals surface area contributed by atoms with Crippen LogP contribution in [0, 0.1) is 11.3 Å². The summed E-state index contributed by atoms with van der Waals surface area (Å²) in [6, 6.07) is 6.05. The molecule has 2 nitrogen and oxygen atoms in total. The molecular formula is C15H23ClN2. The van der Waals surface area contributed by atoms with Crippen LogP contribution in [0.15, 0.2) is 18.2 Å². The Morgan fingerprint density at radius 3 is 2.67 bits per heavy atom. The molecule has 1 fully saturated rings. The first-order valence-corrected chi connectivity index (χ1v) is 7.03. The maximum absolute atomic E-state index is 6.03. The molecule has 2 rings (SSSR count). The first-order chi connectivity index (χ1) is 8.41. The van der Waals surface area contributed by atoms with Crippen LogP contribution in [0.1, 0.15) is 32.8 Å². The normalized spacial score (nSPS) is 20.5. The van der Waals surface area contributed by atoms with E-state index in [1.54, 1.807) is 0 Å². The van der Waals surface area contributed by atoms with E-state index in [9.17, 15) is 0 Å². The van der Waals surface area contributed by atoms with Crippen molar-refractivity contribution in [3.8, 4) is 0 Å². The number of halogens is 1. The Balaban J connectivity index is 2.19. The first kappa shape index (κ1) is 13.7. The predicted octanol–water partition coefficient (Wildman–Crippen LogP) is 3.67. The van der Waals surface area contributed by atoms with Crippen LogP contribution in [0.5, 0.6) is 0 Å². The van der Waals surface area contributed by atoms with E-state index in [2.05, 4.69) is 31.7 Å². The molecule has 1 unspecified atom stereocenters. The van der Waals surface area contributed by atoms with Gasteiger partial charge in [-0.15, -0.1) is 0 Å². The molecule has 2 N–H and O–H groups in total. The molecular weight excluding hydrogens is 244 g/mol. The third-order valence-corrected chi connectivity index (χ3v) is 4.25. The molecule has 1 aromatic rings. The highest BCUT2D eigenvalue weighted by molar-refractivity contribution is 6.30. The molecule has 0 aromatic heterocycles. The van der Waals surface area contributed by atoms with Gasteiger partial charge in [0.15, 0.2) is 0 Å². The van der Waals surface area contributed by atoms with E-state index in [-0.39, 0.29) is 0 Å². The lowest BCUT2D eigenvalue weighted by molar-refractivity contribution is 0.263. The minimum atomic E-state index is 0.379. The van der Waals surface area contributed by atoms with Gasteiger partial charge >= 0.3 is 0 Å². The van der Waals surface area contributed by atoms with Gasteiger partial charge in [0.05, 0.1) is 0 Å². The monoisotopic (exact) mass is 266 g/mol. The number of hydrogen-bond acceptors (Lipinski definition) is 2. The number of nitrogens with two attached hydrogens (primary N) is 1. The van der Waals surface area contributed by atoms with Crippen molar-refractivity contribution in [3.05, 3.63) is 28.8 Å². The fourth-order valence-corrected chi connectivity index (χ4v) is 2.91. The van der Waals surface area contributed by atoms with Crippen molar-refractivity contribution in [2.24, 2.45) is 17.1 Å². The molecule has 1 aliphatic heterocycles. The van der Waals surface area contributed by atoms with Crippen molar-refractivity contribution in [2.75, 3.05) is 18.0 Å². The van der Waals surface area contributed by atoms with Gasteiger partial charge < -0.3 is 10.6 Å². The molecule has 100 valence electrons. The summed E-state index contributed by atoms with van der Waals surface area (Å²) in [5.74, 6) is 0.749. The van der Waals surface area contributed by atoms with Crippen LogP contribution in [-0.2, 0) is 6.54 Å². The number of rotatable bonds is 2. The highest BCUT2D eigenvalue weighted by atomic mass is 35.5. The highest BCUT2D eigenvalue weighted by Gasteiger charge is 2.32. The van der Waals surface area contributed by atoms with Gasteiger partial charge in [-0.05, 0) is 41.5 Å². The van der Waals surface area contributed by atoms with Gasteiger partial charge in [-0.3, -0.25) is 0 Å². The lowest BCUT2D eigenvalue weighted by atomic mass is 9.80. The molecule has 0 aliphatic carbocycles. The lowest BCUT2D eigenvalue weighted by Gasteiger charge is -2.28. The van der Waals surface area contributed by atoms with Crippen molar-refractivity contribution in [1.82, 2.24) is 0 Å². The minimum absolute atomic E-state index is 0.379. The second-order valence-electron chi connectivity index (χ2n) is 6.27. The van der Waals surface area contributed by atoms with E-state index in [1.807, 2.05) is 12.1 Å². The zero-order chi connectivity index (χ0) is 13.3. The smallest absolute Gasteiger partial charge is 0.0412 e. The maximum Gasteiger partial charge on any atom is 0.0412 e. The minimum Gasteiger partial charge on any atom is -0.371 e. The average Bonchev–Trinajstić information content (AvgIpc) is 2.77. The SMILES string of the molecule is CC(C)(C)C1CCN(c2ccc(Cl)cc2CN)C1. The van der Waals surface area contributed by atoms with E-state index in [1.165, 1.54) is 12.1 Å². The summed E-state index contributed by atoms with van der Waals surface area (Å²) >= 11 is 6.03. The molecule has 1 saturated heterocycles. The Labute approximate surface area is 115 Å². The molecule has 18 heavy (non-hydrogen) atoms. The quantitative estimate of drug-likeness (QED) is 0.885. The highest BCUT2D eigenvalue weighted by Crippen LogP contribution is 2.36. The Hall–Kier alpha value is -0.730. The molecule has 1 aliphatic rings. The van der Waals surface area contributed by atoms with Gasteiger partial charge in [-0.25, -0.2) is 0 Å². The summed E-state index contributed by atoms with van der Waals surface area (Å²) in [5.41, 5.74) is 8.61. The molecule has 0 spiro atoms. The molecule has 1 aromatic carbocycles. The van der Waals surface area contributed by atoms with Crippen LogP contribution in [0.4, 0.5) is 5.69 Å². The van der Waals surface area contributed by atoms with Crippen LogP contribution in [0.3, 0.4) is 0 Å². The Morgan fingerprint density at radius 2 is 2.11 bits per heavy atom. The maximum atomic E-state index is 6.03. The van der Waals surface area contributed by atoms with Crippen molar-refractivity contribution < 1.29 is 0 Å². The third-order valence-electron chi connectivity index (χ3n) is 4.02. The fraction of sp³-hybridized carbons (Fsp3) is 0.600. The molecule has 0 bridgehead atoms. The summed E-state index contributed by atoms with van der Waals surface area (Å²) in [6.07, 6.45) is 1.26. The third kappa shape index (κ3) is 2.81. The van der Waals surface area contributed by atoms with Crippen molar-refractivity contribution in [3.63, 3.8) is 0 Å². The lowest BCUT2D eigenvalue weighted by Crippen LogP contribution is -2.26. The Bertz CT molecular complexity index is 423. The van der Waals surface area contributed by atoms with Gasteiger partial charge in [0.2, 0.25) is 0 Å². The predicted molar refractivity (Wildman–Crippen MR) is 79.1 cm³/mol. The Morgan fingerprint density at radius 1 is 1.39 bits per heavy atom. The summed E-state index contributed by atoms with van der Waals surface area (Å²) in [4.78, 5) is 2.45. The van der Waals surface area contributed by atoms with Crippen LogP contribution in [-0.4, -0.2) is 13.1 Å². The second-order valence-corrected chi connectivity index (χ2v) is 6.71.